The normalized spacial score (nSPS) is 19.6. The van der Waals surface area contributed by atoms with Crippen LogP contribution in [0.2, 0.25) is 0 Å². The lowest BCUT2D eigenvalue weighted by Crippen LogP contribution is -2.48. The molecule has 1 aliphatic heterocycles. The highest BCUT2D eigenvalue weighted by Gasteiger charge is 2.26. The van der Waals surface area contributed by atoms with Crippen molar-refractivity contribution in [1.82, 2.24) is 9.80 Å². The lowest BCUT2D eigenvalue weighted by Gasteiger charge is -2.34. The Kier molecular flexibility index (Phi) is 6.13. The first-order valence-corrected chi connectivity index (χ1v) is 7.40. The number of piperidine rings is 1. The number of hydrogen-bond donors (Lipinski definition) is 0. The summed E-state index contributed by atoms with van der Waals surface area (Å²) in [6.07, 6.45) is 3.48. The van der Waals surface area contributed by atoms with Crippen molar-refractivity contribution < 1.29 is 4.79 Å². The van der Waals surface area contributed by atoms with Crippen molar-refractivity contribution in [2.75, 3.05) is 26.7 Å². The molecule has 0 N–H and O–H groups in total. The van der Waals surface area contributed by atoms with Crippen molar-refractivity contribution in [1.29, 1.82) is 0 Å². The molecular formula is C15H30N2O. The summed E-state index contributed by atoms with van der Waals surface area (Å²) in [6.45, 7) is 11.7. The molecule has 1 atom stereocenters. The Morgan fingerprint density at radius 1 is 1.28 bits per heavy atom. The number of nitrogens with zero attached hydrogens (tertiary/aromatic N) is 2. The Morgan fingerprint density at radius 3 is 2.33 bits per heavy atom. The smallest absolute Gasteiger partial charge is 0.239 e. The summed E-state index contributed by atoms with van der Waals surface area (Å²) in [7, 11) is 2.07. The fourth-order valence-electron chi connectivity index (χ4n) is 2.34. The van der Waals surface area contributed by atoms with Crippen molar-refractivity contribution >= 4 is 5.91 Å². The number of carbonyl (C=O) groups excluding carboxylic acids is 1. The van der Waals surface area contributed by atoms with Gasteiger partial charge in [-0.15, -0.1) is 0 Å². The number of likely N-dealkylation sites (N-methyl/N-ethyl adjacent to an activating group) is 1. The highest BCUT2D eigenvalue weighted by atomic mass is 16.2. The molecule has 0 spiro atoms. The average Bonchev–Trinajstić information content (AvgIpc) is 2.35. The van der Waals surface area contributed by atoms with Gasteiger partial charge < -0.3 is 4.90 Å². The number of carbonyl (C=O) groups is 1. The summed E-state index contributed by atoms with van der Waals surface area (Å²) in [5.74, 6) is 1.79. The first-order chi connectivity index (χ1) is 8.41. The lowest BCUT2D eigenvalue weighted by molar-refractivity contribution is -0.137. The second-order valence-corrected chi connectivity index (χ2v) is 6.35. The summed E-state index contributed by atoms with van der Waals surface area (Å²) in [5, 5.41) is 0. The lowest BCUT2D eigenvalue weighted by atomic mass is 9.98. The summed E-state index contributed by atoms with van der Waals surface area (Å²) in [4.78, 5) is 16.6. The fourth-order valence-corrected chi connectivity index (χ4v) is 2.34. The molecule has 18 heavy (non-hydrogen) atoms. The highest BCUT2D eigenvalue weighted by molar-refractivity contribution is 5.81. The molecule has 0 aromatic rings. The molecule has 3 heteroatoms. The van der Waals surface area contributed by atoms with E-state index in [-0.39, 0.29) is 6.04 Å². The third-order valence-corrected chi connectivity index (χ3v) is 4.17. The molecule has 1 saturated heterocycles. The maximum absolute atomic E-state index is 12.4. The van der Waals surface area contributed by atoms with Gasteiger partial charge >= 0.3 is 0 Å². The monoisotopic (exact) mass is 254 g/mol. The van der Waals surface area contributed by atoms with Crippen LogP contribution in [-0.4, -0.2) is 48.4 Å². The minimum absolute atomic E-state index is 0.0251. The van der Waals surface area contributed by atoms with Gasteiger partial charge in [-0.3, -0.25) is 9.69 Å². The van der Waals surface area contributed by atoms with Gasteiger partial charge in [-0.2, -0.15) is 0 Å². The van der Waals surface area contributed by atoms with Gasteiger partial charge in [-0.25, -0.2) is 0 Å². The second-order valence-electron chi connectivity index (χ2n) is 6.35. The van der Waals surface area contributed by atoms with Gasteiger partial charge in [0.15, 0.2) is 0 Å². The van der Waals surface area contributed by atoms with Crippen LogP contribution < -0.4 is 0 Å². The van der Waals surface area contributed by atoms with Crippen molar-refractivity contribution in [3.63, 3.8) is 0 Å². The van der Waals surface area contributed by atoms with E-state index in [1.54, 1.807) is 0 Å². The third-order valence-electron chi connectivity index (χ3n) is 4.17. The van der Waals surface area contributed by atoms with E-state index in [0.717, 1.165) is 44.8 Å². The standard InChI is InChI=1S/C15H30N2O/c1-12(2)6-9-16(5)14(4)15(18)17-10-7-13(3)8-11-17/h12-14H,6-11H2,1-5H3/t14-/m0/s1. The van der Waals surface area contributed by atoms with E-state index in [1.165, 1.54) is 0 Å². The van der Waals surface area contributed by atoms with E-state index in [1.807, 2.05) is 6.92 Å². The summed E-state index contributed by atoms with van der Waals surface area (Å²) in [5.41, 5.74) is 0. The van der Waals surface area contributed by atoms with Crippen LogP contribution in [0.4, 0.5) is 0 Å². The molecule has 1 heterocycles. The van der Waals surface area contributed by atoms with Crippen LogP contribution in [0.5, 0.6) is 0 Å². The molecule has 0 radical (unpaired) electrons. The van der Waals surface area contributed by atoms with Crippen molar-refractivity contribution in [3.8, 4) is 0 Å². The topological polar surface area (TPSA) is 23.6 Å². The predicted molar refractivity (Wildman–Crippen MR) is 76.5 cm³/mol. The third kappa shape index (κ3) is 4.60. The minimum atomic E-state index is 0.0251. The Labute approximate surface area is 113 Å². The molecule has 1 rings (SSSR count). The van der Waals surface area contributed by atoms with E-state index in [2.05, 4.69) is 37.6 Å². The molecule has 1 amide bonds. The van der Waals surface area contributed by atoms with Gasteiger partial charge in [0.2, 0.25) is 5.91 Å². The minimum Gasteiger partial charge on any atom is -0.341 e. The molecule has 0 saturated carbocycles. The van der Waals surface area contributed by atoms with Gasteiger partial charge in [-0.1, -0.05) is 20.8 Å². The van der Waals surface area contributed by atoms with Crippen molar-refractivity contribution in [2.45, 2.75) is 53.0 Å². The molecule has 0 aromatic heterocycles. The number of hydrogen-bond acceptors (Lipinski definition) is 2. The van der Waals surface area contributed by atoms with E-state index < -0.39 is 0 Å². The summed E-state index contributed by atoms with van der Waals surface area (Å²) >= 11 is 0. The van der Waals surface area contributed by atoms with Gasteiger partial charge in [0.05, 0.1) is 6.04 Å². The molecule has 0 unspecified atom stereocenters. The van der Waals surface area contributed by atoms with Crippen LogP contribution in [0.1, 0.15) is 47.0 Å². The Bertz CT molecular complexity index is 257. The van der Waals surface area contributed by atoms with Gasteiger partial charge in [0.25, 0.3) is 0 Å². The average molecular weight is 254 g/mol. The molecule has 0 bridgehead atoms. The van der Waals surface area contributed by atoms with E-state index in [4.69, 9.17) is 0 Å². The van der Waals surface area contributed by atoms with E-state index in [9.17, 15) is 4.79 Å². The van der Waals surface area contributed by atoms with Gasteiger partial charge in [-0.05, 0) is 51.6 Å². The highest BCUT2D eigenvalue weighted by Crippen LogP contribution is 2.17. The van der Waals surface area contributed by atoms with Gasteiger partial charge in [0.1, 0.15) is 0 Å². The second kappa shape index (κ2) is 7.13. The molecule has 0 aromatic carbocycles. The van der Waals surface area contributed by atoms with Crippen molar-refractivity contribution in [3.05, 3.63) is 0 Å². The zero-order valence-electron chi connectivity index (χ0n) is 12.8. The zero-order chi connectivity index (χ0) is 13.7. The summed E-state index contributed by atoms with van der Waals surface area (Å²) in [6, 6.07) is 0.0251. The maximum Gasteiger partial charge on any atom is 0.239 e. The largest absolute Gasteiger partial charge is 0.341 e. The Balaban J connectivity index is 2.40. The molecule has 106 valence electrons. The quantitative estimate of drug-likeness (QED) is 0.753. The Morgan fingerprint density at radius 2 is 1.83 bits per heavy atom. The summed E-state index contributed by atoms with van der Waals surface area (Å²) < 4.78 is 0. The van der Waals surface area contributed by atoms with Crippen LogP contribution in [0.25, 0.3) is 0 Å². The molecule has 1 fully saturated rings. The molecule has 1 aliphatic rings. The maximum atomic E-state index is 12.4. The van der Waals surface area contributed by atoms with Crippen LogP contribution in [-0.2, 0) is 4.79 Å². The van der Waals surface area contributed by atoms with Gasteiger partial charge in [0, 0.05) is 13.1 Å². The SMILES string of the molecule is CC(C)CCN(C)[C@@H](C)C(=O)N1CCC(C)CC1. The Hall–Kier alpha value is -0.570. The number of rotatable bonds is 5. The van der Waals surface area contributed by atoms with Crippen LogP contribution in [0.3, 0.4) is 0 Å². The van der Waals surface area contributed by atoms with Crippen LogP contribution in [0.15, 0.2) is 0 Å². The van der Waals surface area contributed by atoms with E-state index >= 15 is 0 Å². The number of likely N-dealkylation sites (tertiary alicyclic amines) is 1. The first kappa shape index (κ1) is 15.5. The first-order valence-electron chi connectivity index (χ1n) is 7.40. The molecule has 3 nitrogen and oxygen atoms in total. The number of amides is 1. The van der Waals surface area contributed by atoms with Crippen molar-refractivity contribution in [2.24, 2.45) is 11.8 Å². The molecular weight excluding hydrogens is 224 g/mol. The predicted octanol–water partition coefficient (Wildman–Crippen LogP) is 2.61. The van der Waals surface area contributed by atoms with Crippen LogP contribution >= 0.6 is 0 Å². The van der Waals surface area contributed by atoms with E-state index in [0.29, 0.717) is 11.8 Å². The fraction of sp³-hybridized carbons (Fsp3) is 0.933. The molecule has 0 aliphatic carbocycles. The zero-order valence-corrected chi connectivity index (χ0v) is 12.8. The van der Waals surface area contributed by atoms with Crippen LogP contribution in [0, 0.1) is 11.8 Å².